The molecule has 0 spiro atoms. The van der Waals surface area contributed by atoms with Crippen molar-refractivity contribution in [3.63, 3.8) is 0 Å². The third kappa shape index (κ3) is 4.57. The molecule has 2 heterocycles. The smallest absolute Gasteiger partial charge is 0.236 e. The standard InChI is InChI=1S/C26H31F2N3O/c27-22-7-8-24(25(28)16-22)20-5-6-21-17-29(10-9-19(21)15-20)18-26(32)31-13-11-30(12-14-31)23-3-1-2-4-23/h5-8,15-16,23H,1-4,9-14,17-18H2. The molecule has 1 aliphatic carbocycles. The van der Waals surface area contributed by atoms with E-state index in [-0.39, 0.29) is 5.91 Å². The minimum atomic E-state index is -0.565. The summed E-state index contributed by atoms with van der Waals surface area (Å²) in [5.41, 5.74) is 3.55. The van der Waals surface area contributed by atoms with E-state index in [0.29, 0.717) is 12.1 Å². The highest BCUT2D eigenvalue weighted by Crippen LogP contribution is 2.29. The molecule has 1 saturated carbocycles. The van der Waals surface area contributed by atoms with E-state index in [9.17, 15) is 13.6 Å². The Balaban J connectivity index is 1.17. The number of amides is 1. The Labute approximate surface area is 188 Å². The minimum absolute atomic E-state index is 0.226. The summed E-state index contributed by atoms with van der Waals surface area (Å²) in [5, 5.41) is 0. The molecule has 0 radical (unpaired) electrons. The van der Waals surface area contributed by atoms with Gasteiger partial charge in [-0.15, -0.1) is 0 Å². The van der Waals surface area contributed by atoms with Crippen LogP contribution in [0.25, 0.3) is 11.1 Å². The van der Waals surface area contributed by atoms with Crippen molar-refractivity contribution >= 4 is 5.91 Å². The molecule has 5 rings (SSSR count). The first kappa shape index (κ1) is 21.5. The van der Waals surface area contributed by atoms with E-state index in [0.717, 1.165) is 63.4 Å². The summed E-state index contributed by atoms with van der Waals surface area (Å²) in [4.78, 5) is 19.7. The second-order valence-corrected chi connectivity index (χ2v) is 9.42. The molecule has 2 aliphatic heterocycles. The van der Waals surface area contributed by atoms with Crippen LogP contribution in [0.15, 0.2) is 36.4 Å². The summed E-state index contributed by atoms with van der Waals surface area (Å²) >= 11 is 0. The molecule has 6 heteroatoms. The van der Waals surface area contributed by atoms with Crippen molar-refractivity contribution in [1.82, 2.24) is 14.7 Å². The molecule has 0 atom stereocenters. The van der Waals surface area contributed by atoms with Crippen LogP contribution in [-0.4, -0.2) is 65.9 Å². The van der Waals surface area contributed by atoms with Gasteiger partial charge in [-0.25, -0.2) is 8.78 Å². The molecular formula is C26H31F2N3O. The molecule has 0 bridgehead atoms. The van der Waals surface area contributed by atoms with Crippen LogP contribution < -0.4 is 0 Å². The van der Waals surface area contributed by atoms with E-state index < -0.39 is 11.6 Å². The molecule has 2 fully saturated rings. The molecule has 0 unspecified atom stereocenters. The Bertz CT molecular complexity index is 981. The second-order valence-electron chi connectivity index (χ2n) is 9.42. The van der Waals surface area contributed by atoms with E-state index in [1.54, 1.807) is 0 Å². The first-order chi connectivity index (χ1) is 15.6. The first-order valence-corrected chi connectivity index (χ1v) is 11.9. The summed E-state index contributed by atoms with van der Waals surface area (Å²) in [6.07, 6.45) is 6.16. The van der Waals surface area contributed by atoms with E-state index in [4.69, 9.17) is 0 Å². The number of hydrogen-bond acceptors (Lipinski definition) is 3. The molecule has 2 aromatic rings. The minimum Gasteiger partial charge on any atom is -0.339 e. The maximum atomic E-state index is 14.2. The van der Waals surface area contributed by atoms with Crippen molar-refractivity contribution < 1.29 is 13.6 Å². The lowest BCUT2D eigenvalue weighted by molar-refractivity contribution is -0.134. The summed E-state index contributed by atoms with van der Waals surface area (Å²) in [7, 11) is 0. The lowest BCUT2D eigenvalue weighted by Crippen LogP contribution is -2.53. The highest BCUT2D eigenvalue weighted by atomic mass is 19.1. The van der Waals surface area contributed by atoms with Gasteiger partial charge in [0.1, 0.15) is 11.6 Å². The average molecular weight is 440 g/mol. The van der Waals surface area contributed by atoms with Crippen LogP contribution >= 0.6 is 0 Å². The number of fused-ring (bicyclic) bond motifs is 1. The van der Waals surface area contributed by atoms with Gasteiger partial charge in [-0.05, 0) is 48.1 Å². The van der Waals surface area contributed by atoms with E-state index in [1.165, 1.54) is 48.9 Å². The van der Waals surface area contributed by atoms with Crippen molar-refractivity contribution in [3.8, 4) is 11.1 Å². The quantitative estimate of drug-likeness (QED) is 0.719. The zero-order chi connectivity index (χ0) is 22.1. The van der Waals surface area contributed by atoms with E-state index in [2.05, 4.69) is 9.80 Å². The fourth-order valence-corrected chi connectivity index (χ4v) is 5.53. The van der Waals surface area contributed by atoms with Crippen molar-refractivity contribution in [1.29, 1.82) is 0 Å². The first-order valence-electron chi connectivity index (χ1n) is 11.9. The maximum Gasteiger partial charge on any atom is 0.236 e. The van der Waals surface area contributed by atoms with Gasteiger partial charge in [-0.2, -0.15) is 0 Å². The molecule has 32 heavy (non-hydrogen) atoms. The van der Waals surface area contributed by atoms with Gasteiger partial charge in [0.2, 0.25) is 5.91 Å². The van der Waals surface area contributed by atoms with Gasteiger partial charge in [0.25, 0.3) is 0 Å². The van der Waals surface area contributed by atoms with Gasteiger partial charge >= 0.3 is 0 Å². The van der Waals surface area contributed by atoms with Gasteiger partial charge in [0, 0.05) is 56.9 Å². The fourth-order valence-electron chi connectivity index (χ4n) is 5.53. The van der Waals surface area contributed by atoms with Crippen LogP contribution in [0, 0.1) is 11.6 Å². The van der Waals surface area contributed by atoms with Crippen LogP contribution in [0.2, 0.25) is 0 Å². The zero-order valence-corrected chi connectivity index (χ0v) is 18.5. The van der Waals surface area contributed by atoms with Gasteiger partial charge < -0.3 is 4.90 Å². The third-order valence-corrected chi connectivity index (χ3v) is 7.41. The number of rotatable bonds is 4. The van der Waals surface area contributed by atoms with Gasteiger partial charge in [-0.3, -0.25) is 14.6 Å². The van der Waals surface area contributed by atoms with Crippen LogP contribution in [0.5, 0.6) is 0 Å². The van der Waals surface area contributed by atoms with Crippen molar-refractivity contribution in [2.24, 2.45) is 0 Å². The summed E-state index contributed by atoms with van der Waals surface area (Å²) < 4.78 is 27.4. The van der Waals surface area contributed by atoms with Gasteiger partial charge in [-0.1, -0.05) is 31.0 Å². The lowest BCUT2D eigenvalue weighted by atomic mass is 9.94. The Morgan fingerprint density at radius 3 is 2.44 bits per heavy atom. The highest BCUT2D eigenvalue weighted by Gasteiger charge is 2.29. The Morgan fingerprint density at radius 2 is 1.69 bits per heavy atom. The third-order valence-electron chi connectivity index (χ3n) is 7.41. The van der Waals surface area contributed by atoms with E-state index in [1.807, 2.05) is 23.1 Å². The lowest BCUT2D eigenvalue weighted by Gasteiger charge is -2.39. The average Bonchev–Trinajstić information content (AvgIpc) is 3.34. The molecule has 0 N–H and O–H groups in total. The summed E-state index contributed by atoms with van der Waals surface area (Å²) in [5.74, 6) is -0.880. The largest absolute Gasteiger partial charge is 0.339 e. The highest BCUT2D eigenvalue weighted by molar-refractivity contribution is 5.78. The number of piperazine rings is 1. The zero-order valence-electron chi connectivity index (χ0n) is 18.5. The normalized spacial score (nSPS) is 20.5. The molecule has 2 aromatic carbocycles. The van der Waals surface area contributed by atoms with Gasteiger partial charge in [0.15, 0.2) is 0 Å². The summed E-state index contributed by atoms with van der Waals surface area (Å²) in [6.45, 7) is 5.69. The topological polar surface area (TPSA) is 26.8 Å². The van der Waals surface area contributed by atoms with Gasteiger partial charge in [0.05, 0.1) is 6.54 Å². The van der Waals surface area contributed by atoms with Crippen LogP contribution in [0.3, 0.4) is 0 Å². The Kier molecular flexibility index (Phi) is 6.24. The molecule has 3 aliphatic rings. The van der Waals surface area contributed by atoms with Crippen LogP contribution in [0.4, 0.5) is 8.78 Å². The van der Waals surface area contributed by atoms with Crippen LogP contribution in [-0.2, 0) is 17.8 Å². The maximum absolute atomic E-state index is 14.2. The monoisotopic (exact) mass is 439 g/mol. The fraction of sp³-hybridized carbons (Fsp3) is 0.500. The van der Waals surface area contributed by atoms with Crippen molar-refractivity contribution in [2.45, 2.75) is 44.7 Å². The number of carbonyl (C=O) groups excluding carboxylic acids is 1. The molecule has 1 saturated heterocycles. The molecule has 170 valence electrons. The number of benzene rings is 2. The number of hydrogen-bond donors (Lipinski definition) is 0. The number of nitrogens with zero attached hydrogens (tertiary/aromatic N) is 3. The SMILES string of the molecule is O=C(CN1CCc2cc(-c3ccc(F)cc3F)ccc2C1)N1CCN(C2CCCC2)CC1. The molecular weight excluding hydrogens is 408 g/mol. The predicted octanol–water partition coefficient (Wildman–Crippen LogP) is 4.08. The van der Waals surface area contributed by atoms with Crippen molar-refractivity contribution in [2.75, 3.05) is 39.3 Å². The molecule has 1 amide bonds. The van der Waals surface area contributed by atoms with Crippen LogP contribution in [0.1, 0.15) is 36.8 Å². The Morgan fingerprint density at radius 1 is 0.906 bits per heavy atom. The summed E-state index contributed by atoms with van der Waals surface area (Å²) in [6, 6.07) is 10.4. The molecule has 0 aromatic heterocycles. The van der Waals surface area contributed by atoms with E-state index >= 15 is 0 Å². The Hall–Kier alpha value is -2.31. The molecule has 4 nitrogen and oxygen atoms in total. The predicted molar refractivity (Wildman–Crippen MR) is 121 cm³/mol. The van der Waals surface area contributed by atoms with Crippen molar-refractivity contribution in [3.05, 3.63) is 59.2 Å². The number of carbonyl (C=O) groups is 1. The second kappa shape index (κ2) is 9.28. The number of halogens is 2.